The fraction of sp³-hybridized carbons (Fsp3) is 0.714. The van der Waals surface area contributed by atoms with Gasteiger partial charge in [0.1, 0.15) is 5.82 Å². The van der Waals surface area contributed by atoms with Crippen LogP contribution < -0.4 is 4.90 Å². The van der Waals surface area contributed by atoms with Gasteiger partial charge in [-0.05, 0) is 50.5 Å². The molecule has 4 nitrogen and oxygen atoms in total. The van der Waals surface area contributed by atoms with Crippen LogP contribution in [0.5, 0.6) is 0 Å². The summed E-state index contributed by atoms with van der Waals surface area (Å²) in [6.07, 6.45) is 3.55. The molecule has 3 rings (SSSR count). The van der Waals surface area contributed by atoms with Crippen molar-refractivity contribution in [1.82, 2.24) is 0 Å². The number of halogens is 1. The van der Waals surface area contributed by atoms with Gasteiger partial charge < -0.3 is 19.5 Å². The van der Waals surface area contributed by atoms with Gasteiger partial charge in [0.15, 0.2) is 5.79 Å². The van der Waals surface area contributed by atoms with Crippen LogP contribution in [0.3, 0.4) is 0 Å². The number of ether oxygens (including phenoxy) is 2. The zero-order chi connectivity index (χ0) is 18.8. The minimum Gasteiger partial charge on any atom is -0.390 e. The van der Waals surface area contributed by atoms with E-state index in [1.807, 2.05) is 0 Å². The molecule has 1 N–H and O–H groups in total. The van der Waals surface area contributed by atoms with Crippen LogP contribution in [0.2, 0.25) is 0 Å². The Kier molecular flexibility index (Phi) is 5.61. The highest BCUT2D eigenvalue weighted by Gasteiger charge is 2.47. The number of anilines is 1. The second kappa shape index (κ2) is 7.45. The third kappa shape index (κ3) is 4.56. The number of nitrogens with zero attached hydrogens (tertiary/aromatic N) is 1. The lowest BCUT2D eigenvalue weighted by Crippen LogP contribution is -2.52. The number of hydrogen-bond donors (Lipinski definition) is 1. The van der Waals surface area contributed by atoms with E-state index >= 15 is 0 Å². The second-order valence-electron chi connectivity index (χ2n) is 8.68. The van der Waals surface area contributed by atoms with Crippen LogP contribution in [-0.2, 0) is 9.47 Å². The van der Waals surface area contributed by atoms with E-state index in [-0.39, 0.29) is 11.2 Å². The number of rotatable bonds is 5. The lowest BCUT2D eigenvalue weighted by atomic mass is 9.78. The maximum Gasteiger partial charge on any atom is 0.168 e. The molecule has 1 aliphatic heterocycles. The summed E-state index contributed by atoms with van der Waals surface area (Å²) in [4.78, 5) is 2.18. The van der Waals surface area contributed by atoms with Crippen LogP contribution in [0.25, 0.3) is 0 Å². The Morgan fingerprint density at radius 1 is 1.04 bits per heavy atom. The summed E-state index contributed by atoms with van der Waals surface area (Å²) in [6, 6.07) is 6.56. The van der Waals surface area contributed by atoms with Gasteiger partial charge in [-0.25, -0.2) is 4.39 Å². The van der Waals surface area contributed by atoms with E-state index < -0.39 is 11.4 Å². The molecule has 0 amide bonds. The third-order valence-electron chi connectivity index (χ3n) is 5.81. The highest BCUT2D eigenvalue weighted by Crippen LogP contribution is 2.43. The van der Waals surface area contributed by atoms with Crippen molar-refractivity contribution in [3.05, 3.63) is 30.1 Å². The van der Waals surface area contributed by atoms with E-state index in [1.165, 1.54) is 12.1 Å². The average Bonchev–Trinajstić information content (AvgIpc) is 2.62. The smallest absolute Gasteiger partial charge is 0.168 e. The fourth-order valence-corrected chi connectivity index (χ4v) is 3.84. The standard InChI is InChI=1S/C21H32FNO3/c1-4-23(18-7-5-17(22)6-8-18)14-13-20(24)9-11-21(12-10-20)25-15-19(2,3)16-26-21/h5-8,24H,4,9-16H2,1-3H3. The predicted octanol–water partition coefficient (Wildman–Crippen LogP) is 4.12. The van der Waals surface area contributed by atoms with Gasteiger partial charge in [-0.1, -0.05) is 13.8 Å². The Morgan fingerprint density at radius 3 is 2.15 bits per heavy atom. The molecular weight excluding hydrogens is 333 g/mol. The van der Waals surface area contributed by atoms with Crippen molar-refractivity contribution in [1.29, 1.82) is 0 Å². The maximum absolute atomic E-state index is 13.1. The molecule has 1 spiro atoms. The molecule has 1 aromatic rings. The molecule has 0 atom stereocenters. The van der Waals surface area contributed by atoms with Crippen LogP contribution in [0.4, 0.5) is 10.1 Å². The number of benzene rings is 1. The van der Waals surface area contributed by atoms with E-state index in [1.54, 1.807) is 12.1 Å². The maximum atomic E-state index is 13.1. The summed E-state index contributed by atoms with van der Waals surface area (Å²) in [5.74, 6) is -0.722. The van der Waals surface area contributed by atoms with Crippen molar-refractivity contribution in [3.63, 3.8) is 0 Å². The Morgan fingerprint density at radius 2 is 1.62 bits per heavy atom. The zero-order valence-electron chi connectivity index (χ0n) is 16.3. The van der Waals surface area contributed by atoms with Crippen molar-refractivity contribution in [2.45, 2.75) is 64.3 Å². The lowest BCUT2D eigenvalue weighted by Gasteiger charge is -2.49. The first kappa shape index (κ1) is 19.6. The van der Waals surface area contributed by atoms with Crippen LogP contribution in [0, 0.1) is 11.2 Å². The summed E-state index contributed by atoms with van der Waals surface area (Å²) < 4.78 is 25.3. The van der Waals surface area contributed by atoms with Crippen molar-refractivity contribution >= 4 is 5.69 Å². The Hall–Kier alpha value is -1.17. The first-order valence-corrected chi connectivity index (χ1v) is 9.76. The van der Waals surface area contributed by atoms with Crippen molar-refractivity contribution in [3.8, 4) is 0 Å². The predicted molar refractivity (Wildman–Crippen MR) is 101 cm³/mol. The van der Waals surface area contributed by atoms with Gasteiger partial charge in [0, 0.05) is 37.0 Å². The molecule has 1 aliphatic carbocycles. The molecule has 146 valence electrons. The summed E-state index contributed by atoms with van der Waals surface area (Å²) >= 11 is 0. The fourth-order valence-electron chi connectivity index (χ4n) is 3.84. The van der Waals surface area contributed by atoms with Crippen molar-refractivity contribution in [2.75, 3.05) is 31.2 Å². The first-order chi connectivity index (χ1) is 12.2. The van der Waals surface area contributed by atoms with E-state index in [9.17, 15) is 9.50 Å². The number of aliphatic hydroxyl groups is 1. The van der Waals surface area contributed by atoms with Gasteiger partial charge in [-0.2, -0.15) is 0 Å². The van der Waals surface area contributed by atoms with Gasteiger partial charge in [0.05, 0.1) is 18.8 Å². The van der Waals surface area contributed by atoms with Gasteiger partial charge in [-0.3, -0.25) is 0 Å². The highest BCUT2D eigenvalue weighted by molar-refractivity contribution is 5.46. The molecule has 0 bridgehead atoms. The molecule has 0 unspecified atom stereocenters. The Bertz CT molecular complexity index is 582. The third-order valence-corrected chi connectivity index (χ3v) is 5.81. The minimum absolute atomic E-state index is 0.0653. The largest absolute Gasteiger partial charge is 0.390 e. The molecule has 1 saturated heterocycles. The van der Waals surface area contributed by atoms with E-state index in [0.717, 1.165) is 31.6 Å². The van der Waals surface area contributed by atoms with Crippen LogP contribution in [-0.4, -0.2) is 42.8 Å². The molecule has 26 heavy (non-hydrogen) atoms. The van der Waals surface area contributed by atoms with E-state index in [4.69, 9.17) is 9.47 Å². The topological polar surface area (TPSA) is 41.9 Å². The summed E-state index contributed by atoms with van der Waals surface area (Å²) in [5.41, 5.74) is 0.375. The molecule has 0 aromatic heterocycles. The Balaban J connectivity index is 1.53. The molecule has 1 saturated carbocycles. The van der Waals surface area contributed by atoms with Gasteiger partial charge in [-0.15, -0.1) is 0 Å². The molecular formula is C21H32FNO3. The zero-order valence-corrected chi connectivity index (χ0v) is 16.3. The van der Waals surface area contributed by atoms with Gasteiger partial charge in [0.2, 0.25) is 0 Å². The summed E-state index contributed by atoms with van der Waals surface area (Å²) in [5, 5.41) is 11.0. The first-order valence-electron chi connectivity index (χ1n) is 9.76. The quantitative estimate of drug-likeness (QED) is 0.852. The van der Waals surface area contributed by atoms with Crippen molar-refractivity contribution < 1.29 is 19.0 Å². The summed E-state index contributed by atoms with van der Waals surface area (Å²) in [7, 11) is 0. The van der Waals surface area contributed by atoms with Crippen LogP contribution in [0.15, 0.2) is 24.3 Å². The molecule has 5 heteroatoms. The second-order valence-corrected chi connectivity index (χ2v) is 8.68. The van der Waals surface area contributed by atoms with Crippen LogP contribution in [0.1, 0.15) is 52.9 Å². The molecule has 0 radical (unpaired) electrons. The van der Waals surface area contributed by atoms with E-state index in [0.29, 0.717) is 32.5 Å². The van der Waals surface area contributed by atoms with E-state index in [2.05, 4.69) is 25.7 Å². The SMILES string of the molecule is CCN(CCC1(O)CCC2(CC1)OCC(C)(C)CO2)c1ccc(F)cc1. The molecule has 1 heterocycles. The number of hydrogen-bond acceptors (Lipinski definition) is 4. The highest BCUT2D eigenvalue weighted by atomic mass is 19.1. The molecule has 1 aromatic carbocycles. The van der Waals surface area contributed by atoms with Gasteiger partial charge in [0.25, 0.3) is 0 Å². The lowest BCUT2D eigenvalue weighted by molar-refractivity contribution is -0.319. The Labute approximate surface area is 156 Å². The molecule has 2 aliphatic rings. The summed E-state index contributed by atoms with van der Waals surface area (Å²) in [6.45, 7) is 9.36. The van der Waals surface area contributed by atoms with Crippen LogP contribution >= 0.6 is 0 Å². The average molecular weight is 365 g/mol. The monoisotopic (exact) mass is 365 g/mol. The minimum atomic E-state index is -0.682. The molecule has 2 fully saturated rings. The normalized spacial score (nSPS) is 23.7. The van der Waals surface area contributed by atoms with Gasteiger partial charge >= 0.3 is 0 Å². The van der Waals surface area contributed by atoms with Crippen molar-refractivity contribution in [2.24, 2.45) is 5.41 Å².